The fraction of sp³-hybridized carbons (Fsp3) is 0.500. The number of aliphatic hydroxyl groups is 1. The molecule has 1 amide bonds. The minimum atomic E-state index is -0.236. The number of thioether (sulfide) groups is 1. The van der Waals surface area contributed by atoms with Crippen molar-refractivity contribution in [1.29, 1.82) is 0 Å². The Kier molecular flexibility index (Phi) is 5.83. The predicted octanol–water partition coefficient (Wildman–Crippen LogP) is 1.36. The number of hydrogen-bond acceptors (Lipinski definition) is 5. The van der Waals surface area contributed by atoms with Crippen molar-refractivity contribution in [2.24, 2.45) is 5.84 Å². The number of carbonyl (C=O) groups excluding carboxylic acids is 1. The highest BCUT2D eigenvalue weighted by Gasteiger charge is 2.12. The molecule has 16 heavy (non-hydrogen) atoms. The Morgan fingerprint density at radius 1 is 1.75 bits per heavy atom. The van der Waals surface area contributed by atoms with Crippen LogP contribution in [0.1, 0.15) is 28.6 Å². The minimum absolute atomic E-state index is 0.202. The van der Waals surface area contributed by atoms with Crippen LogP contribution in [-0.4, -0.2) is 22.9 Å². The Bertz CT molecular complexity index is 341. The third-order valence-electron chi connectivity index (χ3n) is 2.14. The summed E-state index contributed by atoms with van der Waals surface area (Å²) in [5, 5.41) is 11.1. The van der Waals surface area contributed by atoms with Gasteiger partial charge < -0.3 is 5.11 Å². The number of thiophene rings is 1. The lowest BCUT2D eigenvalue weighted by atomic mass is 10.3. The molecule has 4 N–H and O–H groups in total. The predicted molar refractivity (Wildman–Crippen MR) is 68.4 cm³/mol. The summed E-state index contributed by atoms with van der Waals surface area (Å²) in [6.07, 6.45) is 0.771. The fourth-order valence-corrected chi connectivity index (χ4v) is 3.11. The Labute approximate surface area is 103 Å². The van der Waals surface area contributed by atoms with Crippen LogP contribution in [0.25, 0.3) is 0 Å². The van der Waals surface area contributed by atoms with E-state index in [0.717, 1.165) is 17.7 Å². The van der Waals surface area contributed by atoms with Crippen LogP contribution >= 0.6 is 23.1 Å². The minimum Gasteiger partial charge on any atom is -0.396 e. The number of carbonyl (C=O) groups is 1. The fourth-order valence-electron chi connectivity index (χ4n) is 1.21. The smallest absolute Gasteiger partial charge is 0.275 e. The number of nitrogen functional groups attached to an aromatic ring is 1. The Hall–Kier alpha value is -0.560. The van der Waals surface area contributed by atoms with Crippen molar-refractivity contribution in [3.63, 3.8) is 0 Å². The Balaban J connectivity index is 2.54. The molecule has 0 radical (unpaired) electrons. The van der Waals surface area contributed by atoms with Crippen molar-refractivity contribution >= 4 is 29.0 Å². The summed E-state index contributed by atoms with van der Waals surface area (Å²) >= 11 is 3.12. The van der Waals surface area contributed by atoms with E-state index in [1.165, 1.54) is 11.3 Å². The van der Waals surface area contributed by atoms with Gasteiger partial charge in [-0.25, -0.2) is 5.84 Å². The van der Waals surface area contributed by atoms with Crippen molar-refractivity contribution in [3.05, 3.63) is 21.9 Å². The number of aliphatic hydroxyl groups excluding tert-OH is 1. The molecular weight excluding hydrogens is 244 g/mol. The second-order valence-electron chi connectivity index (χ2n) is 3.38. The van der Waals surface area contributed by atoms with Crippen molar-refractivity contribution in [3.8, 4) is 0 Å². The molecule has 90 valence electrons. The largest absolute Gasteiger partial charge is 0.396 e. The molecule has 1 unspecified atom stereocenters. The van der Waals surface area contributed by atoms with Crippen LogP contribution in [0, 0.1) is 0 Å². The average Bonchev–Trinajstić information content (AvgIpc) is 2.74. The molecular formula is C10H16N2O2S2. The van der Waals surface area contributed by atoms with Crippen LogP contribution in [0.15, 0.2) is 11.4 Å². The van der Waals surface area contributed by atoms with Crippen LogP contribution in [0.3, 0.4) is 0 Å². The van der Waals surface area contributed by atoms with E-state index in [9.17, 15) is 4.79 Å². The lowest BCUT2D eigenvalue weighted by molar-refractivity contribution is 0.0957. The monoisotopic (exact) mass is 260 g/mol. The van der Waals surface area contributed by atoms with E-state index in [1.807, 2.05) is 11.4 Å². The molecule has 0 saturated carbocycles. The van der Waals surface area contributed by atoms with Gasteiger partial charge in [0.1, 0.15) is 0 Å². The lowest BCUT2D eigenvalue weighted by Crippen LogP contribution is -2.29. The summed E-state index contributed by atoms with van der Waals surface area (Å²) in [5.41, 5.74) is 3.15. The van der Waals surface area contributed by atoms with Gasteiger partial charge in [0.25, 0.3) is 5.91 Å². The normalized spacial score (nSPS) is 12.4. The van der Waals surface area contributed by atoms with E-state index in [4.69, 9.17) is 10.9 Å². The molecule has 6 heteroatoms. The van der Waals surface area contributed by atoms with E-state index in [-0.39, 0.29) is 12.5 Å². The molecule has 1 heterocycles. The van der Waals surface area contributed by atoms with Gasteiger partial charge in [0, 0.05) is 17.6 Å². The van der Waals surface area contributed by atoms with Crippen LogP contribution in [0.4, 0.5) is 0 Å². The summed E-state index contributed by atoms with van der Waals surface area (Å²) in [4.78, 5) is 12.1. The number of nitrogens with one attached hydrogen (secondary N) is 1. The summed E-state index contributed by atoms with van der Waals surface area (Å²) in [6.45, 7) is 2.27. The zero-order valence-electron chi connectivity index (χ0n) is 9.10. The van der Waals surface area contributed by atoms with Crippen LogP contribution in [0.5, 0.6) is 0 Å². The van der Waals surface area contributed by atoms with E-state index in [0.29, 0.717) is 10.1 Å². The number of nitrogens with two attached hydrogens (primary N) is 1. The topological polar surface area (TPSA) is 75.3 Å². The van der Waals surface area contributed by atoms with Gasteiger partial charge in [-0.2, -0.15) is 11.8 Å². The number of hydrazine groups is 1. The average molecular weight is 260 g/mol. The summed E-state index contributed by atoms with van der Waals surface area (Å²) in [5.74, 6) is 5.64. The molecule has 0 aliphatic carbocycles. The van der Waals surface area contributed by atoms with E-state index >= 15 is 0 Å². The van der Waals surface area contributed by atoms with E-state index in [2.05, 4.69) is 12.3 Å². The first kappa shape index (κ1) is 13.5. The van der Waals surface area contributed by atoms with E-state index in [1.54, 1.807) is 11.8 Å². The molecule has 1 rings (SSSR count). The molecule has 0 aliphatic heterocycles. The molecule has 0 aliphatic rings. The highest BCUT2D eigenvalue weighted by molar-refractivity contribution is 7.99. The van der Waals surface area contributed by atoms with Gasteiger partial charge in [-0.3, -0.25) is 10.2 Å². The standard InChI is InChI=1S/C10H16N2O2S2/c1-7(2-4-13)16-6-8-3-5-15-9(8)10(14)12-11/h3,5,7,13H,2,4,6,11H2,1H3,(H,12,14). The van der Waals surface area contributed by atoms with Gasteiger partial charge in [-0.05, 0) is 23.4 Å². The van der Waals surface area contributed by atoms with E-state index < -0.39 is 0 Å². The first-order chi connectivity index (χ1) is 7.69. The van der Waals surface area contributed by atoms with Crippen LogP contribution in [-0.2, 0) is 5.75 Å². The zero-order chi connectivity index (χ0) is 12.0. The van der Waals surface area contributed by atoms with Gasteiger partial charge in [0.2, 0.25) is 0 Å². The maximum Gasteiger partial charge on any atom is 0.275 e. The summed E-state index contributed by atoms with van der Waals surface area (Å²) in [6, 6.07) is 1.94. The first-order valence-corrected chi connectivity index (χ1v) is 6.91. The summed E-state index contributed by atoms with van der Waals surface area (Å²) < 4.78 is 0. The molecule has 1 aromatic rings. The van der Waals surface area contributed by atoms with Gasteiger partial charge in [-0.1, -0.05) is 6.92 Å². The highest BCUT2D eigenvalue weighted by atomic mass is 32.2. The van der Waals surface area contributed by atoms with Crippen LogP contribution in [0.2, 0.25) is 0 Å². The van der Waals surface area contributed by atoms with Crippen molar-refractivity contribution in [2.45, 2.75) is 24.3 Å². The maximum atomic E-state index is 11.4. The first-order valence-electron chi connectivity index (χ1n) is 4.98. The molecule has 1 aromatic heterocycles. The highest BCUT2D eigenvalue weighted by Crippen LogP contribution is 2.25. The SMILES string of the molecule is CC(CCO)SCc1ccsc1C(=O)NN. The number of rotatable bonds is 6. The third-order valence-corrected chi connectivity index (χ3v) is 4.38. The van der Waals surface area contributed by atoms with Crippen LogP contribution < -0.4 is 11.3 Å². The van der Waals surface area contributed by atoms with Gasteiger partial charge in [0.05, 0.1) is 4.88 Å². The number of hydrogen-bond donors (Lipinski definition) is 3. The maximum absolute atomic E-state index is 11.4. The van der Waals surface area contributed by atoms with Crippen molar-refractivity contribution < 1.29 is 9.90 Å². The lowest BCUT2D eigenvalue weighted by Gasteiger charge is -2.09. The molecule has 1 atom stereocenters. The second kappa shape index (κ2) is 6.90. The van der Waals surface area contributed by atoms with Gasteiger partial charge in [-0.15, -0.1) is 11.3 Å². The molecule has 0 saturated heterocycles. The van der Waals surface area contributed by atoms with Gasteiger partial charge >= 0.3 is 0 Å². The Morgan fingerprint density at radius 3 is 3.12 bits per heavy atom. The van der Waals surface area contributed by atoms with Gasteiger partial charge in [0.15, 0.2) is 0 Å². The Morgan fingerprint density at radius 2 is 2.50 bits per heavy atom. The molecule has 0 spiro atoms. The molecule has 0 fully saturated rings. The number of amides is 1. The zero-order valence-corrected chi connectivity index (χ0v) is 10.7. The van der Waals surface area contributed by atoms with Crippen molar-refractivity contribution in [2.75, 3.05) is 6.61 Å². The molecule has 0 aromatic carbocycles. The summed E-state index contributed by atoms with van der Waals surface area (Å²) in [7, 11) is 0. The molecule has 4 nitrogen and oxygen atoms in total. The molecule has 0 bridgehead atoms. The van der Waals surface area contributed by atoms with Crippen molar-refractivity contribution in [1.82, 2.24) is 5.43 Å². The third kappa shape index (κ3) is 3.79. The quantitative estimate of drug-likeness (QED) is 0.410. The second-order valence-corrected chi connectivity index (χ2v) is 5.73.